The molecule has 1 aliphatic carbocycles. The van der Waals surface area contributed by atoms with Crippen molar-refractivity contribution >= 4 is 48.9 Å². The molecule has 0 aliphatic heterocycles. The molecule has 1 aliphatic rings. The lowest BCUT2D eigenvalue weighted by molar-refractivity contribution is -0.497. The van der Waals surface area contributed by atoms with Crippen LogP contribution in [0, 0.1) is 19.1 Å². The maximum absolute atomic E-state index is 4.60. The second kappa shape index (κ2) is 9.23. The van der Waals surface area contributed by atoms with Crippen LogP contribution in [0.3, 0.4) is 0 Å². The normalized spacial score (nSPS) is 15.2. The predicted octanol–water partition coefficient (Wildman–Crippen LogP) is 9.73. The van der Waals surface area contributed by atoms with Gasteiger partial charge in [0.2, 0.25) is 0 Å². The Labute approximate surface area is 248 Å². The Morgan fingerprint density at radius 1 is 0.833 bits per heavy atom. The summed E-state index contributed by atoms with van der Waals surface area (Å²) in [6, 6.07) is 27.7. The van der Waals surface area contributed by atoms with E-state index in [1.807, 2.05) is 0 Å². The van der Waals surface area contributed by atoms with E-state index in [0.29, 0.717) is 5.92 Å². The molecule has 0 amide bonds. The van der Waals surface area contributed by atoms with Gasteiger partial charge in [-0.05, 0) is 58.4 Å². The van der Waals surface area contributed by atoms with Gasteiger partial charge in [0.05, 0.1) is 12.9 Å². The van der Waals surface area contributed by atoms with Crippen molar-refractivity contribution < 1.29 is 8.64 Å². The smallest absolute Gasteiger partial charge is 0.166 e. The van der Waals surface area contributed by atoms with E-state index in [9.17, 15) is 0 Å². The Balaban J connectivity index is 1.53. The summed E-state index contributed by atoms with van der Waals surface area (Å²) in [4.78, 5) is 0. The molecule has 0 saturated heterocycles. The third-order valence-electron chi connectivity index (χ3n) is 9.97. The summed E-state index contributed by atoms with van der Waals surface area (Å²) < 4.78 is 4.69. The number of para-hydroxylation sites is 1. The van der Waals surface area contributed by atoms with Crippen molar-refractivity contribution in [2.24, 2.45) is 5.41 Å². The molecule has 1 fully saturated rings. The predicted molar refractivity (Wildman–Crippen MR) is 177 cm³/mol. The van der Waals surface area contributed by atoms with E-state index < -0.39 is 0 Å². The molecule has 0 radical (unpaired) electrons. The van der Waals surface area contributed by atoms with Crippen LogP contribution >= 0.6 is 0 Å². The quantitative estimate of drug-likeness (QED) is 0.154. The number of aryl methyl sites for hydroxylation is 1. The van der Waals surface area contributed by atoms with Crippen molar-refractivity contribution in [2.45, 2.75) is 72.1 Å². The summed E-state index contributed by atoms with van der Waals surface area (Å²) in [5, 5.41) is 8.21. The lowest BCUT2D eigenvalue weighted by atomic mass is 9.80. The van der Waals surface area contributed by atoms with Crippen LogP contribution in [0.5, 0.6) is 0 Å². The van der Waals surface area contributed by atoms with E-state index in [2.05, 4.69) is 122 Å². The third-order valence-corrected chi connectivity index (χ3v) is 9.97. The number of hydrogen-bond donors (Lipinski definition) is 0. The molecule has 0 atom stereocenters. The average Bonchev–Trinajstić information content (AvgIpc) is 3.50. The summed E-state index contributed by atoms with van der Waals surface area (Å²) in [6.07, 6.45) is 9.82. The molecule has 7 aromatic rings. The molecule has 2 heteroatoms. The number of benzene rings is 4. The topological polar surface area (TPSA) is 10.0 Å². The van der Waals surface area contributed by atoms with Crippen LogP contribution in [0.1, 0.15) is 75.5 Å². The molecule has 0 unspecified atom stereocenters. The fraction of sp³-hybridized carbons (Fsp3) is 0.300. The van der Waals surface area contributed by atoms with Gasteiger partial charge in [-0.3, -0.25) is 4.24 Å². The van der Waals surface area contributed by atoms with Gasteiger partial charge in [0.1, 0.15) is 5.52 Å². The summed E-state index contributed by atoms with van der Waals surface area (Å²) in [5.41, 5.74) is 10.9. The van der Waals surface area contributed by atoms with Crippen LogP contribution in [-0.2, 0) is 6.42 Å². The zero-order chi connectivity index (χ0) is 28.7. The van der Waals surface area contributed by atoms with E-state index in [4.69, 9.17) is 0 Å². The standard InChI is InChI=1S/C40H40N2/c1-25-28-15-9-10-16-29(28)34(26-13-7-6-8-14-26)23-33(25)38-39-31(21-22-41(38)5)30-20-19-27(24-40(2,3)4)36-32-17-11-12-18-35(32)42(39)37(30)36/h9-12,15-23,26H,5-8,13-14,24H2,1-4H3. The number of aromatic nitrogens is 2. The van der Waals surface area contributed by atoms with E-state index in [1.54, 1.807) is 0 Å². The molecule has 2 nitrogen and oxygen atoms in total. The first-order valence-corrected chi connectivity index (χ1v) is 15.8. The number of rotatable bonds is 3. The number of fused-ring (bicyclic) bond motifs is 7. The summed E-state index contributed by atoms with van der Waals surface area (Å²) in [7, 11) is 0. The van der Waals surface area contributed by atoms with Gasteiger partial charge in [-0.25, -0.2) is 4.40 Å². The molecule has 4 aromatic carbocycles. The molecule has 210 valence electrons. The Morgan fingerprint density at radius 3 is 2.31 bits per heavy atom. The van der Waals surface area contributed by atoms with Crippen molar-refractivity contribution in [3.63, 3.8) is 0 Å². The van der Waals surface area contributed by atoms with Crippen LogP contribution < -0.4 is 8.64 Å². The Kier molecular flexibility index (Phi) is 5.64. The second-order valence-corrected chi connectivity index (χ2v) is 14.0. The van der Waals surface area contributed by atoms with Crippen LogP contribution in [0.4, 0.5) is 0 Å². The van der Waals surface area contributed by atoms with E-state index in [-0.39, 0.29) is 5.41 Å². The Morgan fingerprint density at radius 2 is 1.55 bits per heavy atom. The first-order chi connectivity index (χ1) is 20.3. The van der Waals surface area contributed by atoms with Gasteiger partial charge in [0.15, 0.2) is 16.7 Å². The highest BCUT2D eigenvalue weighted by Gasteiger charge is 2.27. The molecule has 8 rings (SSSR count). The van der Waals surface area contributed by atoms with Gasteiger partial charge in [0.25, 0.3) is 0 Å². The first kappa shape index (κ1) is 25.7. The molecule has 3 heterocycles. The largest absolute Gasteiger partial charge is 0.266 e. The number of hydrogen-bond acceptors (Lipinski definition) is 0. The highest BCUT2D eigenvalue weighted by molar-refractivity contribution is 6.20. The van der Waals surface area contributed by atoms with Crippen molar-refractivity contribution in [3.8, 4) is 11.3 Å². The first-order valence-electron chi connectivity index (χ1n) is 15.8. The minimum Gasteiger partial charge on any atom is -0.266 e. The van der Waals surface area contributed by atoms with Crippen LogP contribution in [0.15, 0.2) is 79.0 Å². The number of nitrogens with zero attached hydrogens (tertiary/aromatic N) is 2. The second-order valence-electron chi connectivity index (χ2n) is 14.0. The summed E-state index contributed by atoms with van der Waals surface area (Å²) in [6.45, 7) is 13.9. The zero-order valence-electron chi connectivity index (χ0n) is 25.4. The van der Waals surface area contributed by atoms with Crippen molar-refractivity contribution in [1.82, 2.24) is 0 Å². The molecular formula is C40H40N2. The SMILES string of the molecule is C=[n+]1ccc2c3ccc(CC(C)(C)C)c4c5ccccc5[n+](c34)[c-]2[c-]1-c1cc(C2CCCCC2)c2ccccc2c1C. The molecular weight excluding hydrogens is 508 g/mol. The summed E-state index contributed by atoms with van der Waals surface area (Å²) >= 11 is 0. The Bertz CT molecular complexity index is 2210. The Hall–Kier alpha value is -4.04. The minimum absolute atomic E-state index is 0.206. The molecule has 0 spiro atoms. The van der Waals surface area contributed by atoms with Crippen LogP contribution in [-0.4, -0.2) is 0 Å². The maximum Gasteiger partial charge on any atom is 0.166 e. The van der Waals surface area contributed by atoms with Gasteiger partial charge in [-0.2, -0.15) is 0 Å². The molecule has 0 bridgehead atoms. The van der Waals surface area contributed by atoms with E-state index in [1.165, 1.54) is 109 Å². The van der Waals surface area contributed by atoms with Gasteiger partial charge < -0.3 is 0 Å². The highest BCUT2D eigenvalue weighted by atomic mass is 14.9. The monoisotopic (exact) mass is 548 g/mol. The zero-order valence-corrected chi connectivity index (χ0v) is 25.4. The van der Waals surface area contributed by atoms with Crippen molar-refractivity contribution in [2.75, 3.05) is 0 Å². The fourth-order valence-corrected chi connectivity index (χ4v) is 8.19. The van der Waals surface area contributed by atoms with E-state index in [0.717, 1.165) is 6.42 Å². The average molecular weight is 549 g/mol. The van der Waals surface area contributed by atoms with E-state index >= 15 is 0 Å². The highest BCUT2D eigenvalue weighted by Crippen LogP contribution is 2.43. The lowest BCUT2D eigenvalue weighted by Gasteiger charge is -2.27. The van der Waals surface area contributed by atoms with Gasteiger partial charge in [-0.15, -0.1) is 11.6 Å². The lowest BCUT2D eigenvalue weighted by Crippen LogP contribution is -2.25. The van der Waals surface area contributed by atoms with Crippen molar-refractivity contribution in [3.05, 3.63) is 102 Å². The fourth-order valence-electron chi connectivity index (χ4n) is 8.19. The molecule has 42 heavy (non-hydrogen) atoms. The summed E-state index contributed by atoms with van der Waals surface area (Å²) in [5.74, 6) is 0.620. The molecule has 3 aromatic heterocycles. The number of pyridine rings is 1. The van der Waals surface area contributed by atoms with Crippen LogP contribution in [0.2, 0.25) is 0 Å². The minimum atomic E-state index is 0.206. The van der Waals surface area contributed by atoms with Gasteiger partial charge in [-0.1, -0.05) is 124 Å². The molecule has 0 N–H and O–H groups in total. The maximum atomic E-state index is 4.60. The van der Waals surface area contributed by atoms with Crippen LogP contribution in [0.25, 0.3) is 60.1 Å². The van der Waals surface area contributed by atoms with Gasteiger partial charge >= 0.3 is 0 Å². The third kappa shape index (κ3) is 3.70. The molecule has 1 saturated carbocycles. The van der Waals surface area contributed by atoms with Crippen molar-refractivity contribution in [1.29, 1.82) is 0 Å². The van der Waals surface area contributed by atoms with Gasteiger partial charge in [0, 0.05) is 10.8 Å².